The molecular formula is C14H19BrF3NO. The molecule has 114 valence electrons. The number of benzene rings is 1. The zero-order valence-corrected chi connectivity index (χ0v) is 13.6. The first-order valence-corrected chi connectivity index (χ1v) is 7.17. The van der Waals surface area contributed by atoms with E-state index in [1.165, 1.54) is 7.11 Å². The Hall–Kier alpha value is -0.750. The lowest BCUT2D eigenvalue weighted by atomic mass is 9.96. The van der Waals surface area contributed by atoms with Gasteiger partial charge in [-0.1, -0.05) is 22.9 Å². The van der Waals surface area contributed by atoms with E-state index in [4.69, 9.17) is 4.74 Å². The second kappa shape index (κ2) is 6.80. The maximum absolute atomic E-state index is 13.4. The van der Waals surface area contributed by atoms with Crippen molar-refractivity contribution in [3.05, 3.63) is 27.2 Å². The van der Waals surface area contributed by atoms with Gasteiger partial charge in [-0.2, -0.15) is 13.2 Å². The molecule has 1 unspecified atom stereocenters. The van der Waals surface area contributed by atoms with Crippen molar-refractivity contribution in [3.8, 4) is 5.75 Å². The number of rotatable bonds is 5. The van der Waals surface area contributed by atoms with Gasteiger partial charge in [-0.15, -0.1) is 0 Å². The van der Waals surface area contributed by atoms with Crippen LogP contribution in [-0.4, -0.2) is 19.8 Å². The highest BCUT2D eigenvalue weighted by atomic mass is 79.9. The van der Waals surface area contributed by atoms with Gasteiger partial charge in [0.1, 0.15) is 11.8 Å². The second-order valence-electron chi connectivity index (χ2n) is 4.68. The topological polar surface area (TPSA) is 21.3 Å². The van der Waals surface area contributed by atoms with Crippen LogP contribution < -0.4 is 10.1 Å². The standard InChI is InChI=1S/C14H19BrF3NO/c1-5-6-19-13(14(16,17)18)11-9(3)10(15)7-8(2)12(11)20-4/h7,13,19H,5-6H2,1-4H3. The molecule has 0 aliphatic carbocycles. The normalized spacial score (nSPS) is 13.4. The minimum atomic E-state index is -4.37. The predicted molar refractivity (Wildman–Crippen MR) is 77.3 cm³/mol. The fourth-order valence-corrected chi connectivity index (χ4v) is 2.72. The minimum Gasteiger partial charge on any atom is -0.496 e. The van der Waals surface area contributed by atoms with Gasteiger partial charge >= 0.3 is 6.18 Å². The van der Waals surface area contributed by atoms with Gasteiger partial charge < -0.3 is 10.1 Å². The van der Waals surface area contributed by atoms with Crippen LogP contribution in [0.15, 0.2) is 10.5 Å². The summed E-state index contributed by atoms with van der Waals surface area (Å²) in [7, 11) is 1.40. The summed E-state index contributed by atoms with van der Waals surface area (Å²) in [6, 6.07) is 0.0406. The van der Waals surface area contributed by atoms with E-state index in [-0.39, 0.29) is 11.3 Å². The predicted octanol–water partition coefficient (Wildman–Crippen LogP) is 4.68. The van der Waals surface area contributed by atoms with Gasteiger partial charge in [-0.05, 0) is 44.0 Å². The van der Waals surface area contributed by atoms with Crippen LogP contribution in [0.3, 0.4) is 0 Å². The third-order valence-corrected chi connectivity index (χ3v) is 3.95. The monoisotopic (exact) mass is 353 g/mol. The zero-order chi connectivity index (χ0) is 15.5. The van der Waals surface area contributed by atoms with Gasteiger partial charge in [0, 0.05) is 10.0 Å². The Morgan fingerprint density at radius 3 is 2.40 bits per heavy atom. The van der Waals surface area contributed by atoms with Crippen molar-refractivity contribution in [3.63, 3.8) is 0 Å². The van der Waals surface area contributed by atoms with E-state index in [9.17, 15) is 13.2 Å². The fourth-order valence-electron chi connectivity index (χ4n) is 2.16. The summed E-state index contributed by atoms with van der Waals surface area (Å²) in [6.45, 7) is 5.52. The summed E-state index contributed by atoms with van der Waals surface area (Å²) in [5, 5.41) is 2.57. The Morgan fingerprint density at radius 2 is 1.95 bits per heavy atom. The fraction of sp³-hybridized carbons (Fsp3) is 0.571. The number of methoxy groups -OCH3 is 1. The molecule has 20 heavy (non-hydrogen) atoms. The molecule has 1 atom stereocenters. The van der Waals surface area contributed by atoms with Crippen LogP contribution >= 0.6 is 15.9 Å². The number of nitrogens with one attached hydrogen (secondary N) is 1. The molecule has 1 rings (SSSR count). The first-order valence-electron chi connectivity index (χ1n) is 6.37. The van der Waals surface area contributed by atoms with Gasteiger partial charge in [-0.3, -0.25) is 0 Å². The van der Waals surface area contributed by atoms with Gasteiger partial charge in [-0.25, -0.2) is 0 Å². The third-order valence-electron chi connectivity index (χ3n) is 3.13. The quantitative estimate of drug-likeness (QED) is 0.829. The molecule has 0 amide bonds. The number of hydrogen-bond acceptors (Lipinski definition) is 2. The van der Waals surface area contributed by atoms with Gasteiger partial charge in [0.2, 0.25) is 0 Å². The summed E-state index contributed by atoms with van der Waals surface area (Å²) >= 11 is 3.31. The lowest BCUT2D eigenvalue weighted by Gasteiger charge is -2.26. The van der Waals surface area contributed by atoms with E-state index in [0.29, 0.717) is 28.6 Å². The first-order chi connectivity index (χ1) is 9.23. The minimum absolute atomic E-state index is 0.153. The number of aryl methyl sites for hydroxylation is 1. The Morgan fingerprint density at radius 1 is 1.35 bits per heavy atom. The average molecular weight is 354 g/mol. The smallest absolute Gasteiger partial charge is 0.408 e. The number of hydrogen-bond donors (Lipinski definition) is 1. The van der Waals surface area contributed by atoms with E-state index in [0.717, 1.165) is 0 Å². The molecule has 2 nitrogen and oxygen atoms in total. The largest absolute Gasteiger partial charge is 0.496 e. The Labute approximate surface area is 125 Å². The Kier molecular flexibility index (Phi) is 5.89. The summed E-state index contributed by atoms with van der Waals surface area (Å²) < 4.78 is 45.9. The van der Waals surface area contributed by atoms with Crippen molar-refractivity contribution in [1.82, 2.24) is 5.32 Å². The van der Waals surface area contributed by atoms with Crippen LogP contribution in [0.5, 0.6) is 5.75 Å². The van der Waals surface area contributed by atoms with Crippen LogP contribution in [0, 0.1) is 13.8 Å². The molecule has 0 aliphatic rings. The maximum atomic E-state index is 13.4. The van der Waals surface area contributed by atoms with Gasteiger partial charge in [0.15, 0.2) is 0 Å². The van der Waals surface area contributed by atoms with Crippen LogP contribution in [0.2, 0.25) is 0 Å². The SMILES string of the molecule is CCCNC(c1c(C)c(Br)cc(C)c1OC)C(F)(F)F. The van der Waals surface area contributed by atoms with Crippen LogP contribution in [-0.2, 0) is 0 Å². The molecule has 0 spiro atoms. The molecule has 6 heteroatoms. The Bertz CT molecular complexity index is 474. The van der Waals surface area contributed by atoms with E-state index < -0.39 is 12.2 Å². The molecule has 1 aromatic carbocycles. The Balaban J connectivity index is 3.45. The van der Waals surface area contributed by atoms with E-state index in [2.05, 4.69) is 21.2 Å². The molecule has 0 saturated heterocycles. The van der Waals surface area contributed by atoms with E-state index in [1.807, 2.05) is 6.92 Å². The molecule has 0 aromatic heterocycles. The molecule has 0 bridgehead atoms. The summed E-state index contributed by atoms with van der Waals surface area (Å²) in [4.78, 5) is 0. The number of alkyl halides is 3. The first kappa shape index (κ1) is 17.3. The van der Waals surface area contributed by atoms with Crippen molar-refractivity contribution in [2.24, 2.45) is 0 Å². The second-order valence-corrected chi connectivity index (χ2v) is 5.53. The maximum Gasteiger partial charge on any atom is 0.408 e. The van der Waals surface area contributed by atoms with Gasteiger partial charge in [0.05, 0.1) is 7.11 Å². The third kappa shape index (κ3) is 3.67. The average Bonchev–Trinajstić information content (AvgIpc) is 2.34. The molecule has 0 heterocycles. The lowest BCUT2D eigenvalue weighted by molar-refractivity contribution is -0.158. The molecule has 1 aromatic rings. The molecule has 0 fully saturated rings. The van der Waals surface area contributed by atoms with Crippen LogP contribution in [0.25, 0.3) is 0 Å². The highest BCUT2D eigenvalue weighted by Gasteiger charge is 2.43. The summed E-state index contributed by atoms with van der Waals surface area (Å²) in [5.74, 6) is 0.289. The number of ether oxygens (including phenoxy) is 1. The van der Waals surface area contributed by atoms with Crippen LogP contribution in [0.1, 0.15) is 36.1 Å². The van der Waals surface area contributed by atoms with Gasteiger partial charge in [0.25, 0.3) is 0 Å². The lowest BCUT2D eigenvalue weighted by Crippen LogP contribution is -2.35. The highest BCUT2D eigenvalue weighted by molar-refractivity contribution is 9.10. The van der Waals surface area contributed by atoms with Crippen molar-refractivity contribution in [2.75, 3.05) is 13.7 Å². The van der Waals surface area contributed by atoms with Crippen molar-refractivity contribution in [2.45, 2.75) is 39.4 Å². The summed E-state index contributed by atoms with van der Waals surface area (Å²) in [5.41, 5.74) is 1.37. The zero-order valence-electron chi connectivity index (χ0n) is 12.0. The van der Waals surface area contributed by atoms with Crippen molar-refractivity contribution >= 4 is 15.9 Å². The van der Waals surface area contributed by atoms with E-state index in [1.54, 1.807) is 19.9 Å². The van der Waals surface area contributed by atoms with Crippen LogP contribution in [0.4, 0.5) is 13.2 Å². The number of halogens is 4. The van der Waals surface area contributed by atoms with E-state index >= 15 is 0 Å². The highest BCUT2D eigenvalue weighted by Crippen LogP contribution is 2.42. The molecule has 0 aliphatic heterocycles. The molecule has 0 saturated carbocycles. The summed E-state index contributed by atoms with van der Waals surface area (Å²) in [6.07, 6.45) is -3.75. The van der Waals surface area contributed by atoms with Crippen molar-refractivity contribution in [1.29, 1.82) is 0 Å². The molecule has 1 N–H and O–H groups in total. The molecule has 0 radical (unpaired) electrons. The van der Waals surface area contributed by atoms with Crippen molar-refractivity contribution < 1.29 is 17.9 Å². The molecular weight excluding hydrogens is 335 g/mol.